The summed E-state index contributed by atoms with van der Waals surface area (Å²) in [6.45, 7) is -0.0102. The smallest absolute Gasteiger partial charge is 0.263 e. The van der Waals surface area contributed by atoms with Crippen LogP contribution in [0.3, 0.4) is 0 Å². The van der Waals surface area contributed by atoms with Gasteiger partial charge in [-0.25, -0.2) is 4.90 Å². The minimum Gasteiger partial charge on any atom is -0.493 e. The molecule has 1 saturated heterocycles. The molecule has 2 amide bonds. The third-order valence-corrected chi connectivity index (χ3v) is 5.89. The van der Waals surface area contributed by atoms with Crippen molar-refractivity contribution in [2.45, 2.75) is 18.6 Å². The summed E-state index contributed by atoms with van der Waals surface area (Å²) in [6.07, 6.45) is 0. The molecule has 1 fully saturated rings. The van der Waals surface area contributed by atoms with Crippen LogP contribution >= 0.6 is 0 Å². The Morgan fingerprint density at radius 1 is 0.861 bits per heavy atom. The van der Waals surface area contributed by atoms with Crippen LogP contribution in [0.25, 0.3) is 11.4 Å². The lowest BCUT2D eigenvalue weighted by molar-refractivity contribution is -0.123. The molecule has 2 aliphatic rings. The van der Waals surface area contributed by atoms with Crippen LogP contribution in [-0.4, -0.2) is 67.5 Å². The van der Waals surface area contributed by atoms with Gasteiger partial charge in [0.25, 0.3) is 11.8 Å². The first-order valence-electron chi connectivity index (χ1n) is 10.8. The number of fused-ring (bicyclic) bond motifs is 1. The molecule has 2 atom stereocenters. The lowest BCUT2D eigenvalue weighted by atomic mass is 10.1. The van der Waals surface area contributed by atoms with E-state index in [2.05, 4.69) is 20.5 Å². The molecule has 0 aliphatic carbocycles. The van der Waals surface area contributed by atoms with Crippen molar-refractivity contribution in [1.29, 1.82) is 0 Å². The van der Waals surface area contributed by atoms with Crippen molar-refractivity contribution in [2.75, 3.05) is 33.3 Å². The average molecular weight is 494 g/mol. The van der Waals surface area contributed by atoms with Gasteiger partial charge in [0, 0.05) is 11.6 Å². The zero-order chi connectivity index (χ0) is 25.4. The molecule has 3 aromatic rings. The quantitative estimate of drug-likeness (QED) is 0.428. The standard InChI is InChI=1S/C23H22N6O7/c1-32-14-7-5-12(9-16(14)34-3)21-24-18(36-26-21)11-28-20-19(25-27-28)22(30)29(23(20)31)13-6-8-15(33-2)17(10-13)35-4/h5-10,19-20H,11H2,1-4H3/t19-,20-/m0/s1. The summed E-state index contributed by atoms with van der Waals surface area (Å²) in [5, 5.41) is 13.4. The maximum Gasteiger partial charge on any atom is 0.263 e. The number of benzene rings is 2. The molecule has 2 aliphatic heterocycles. The lowest BCUT2D eigenvalue weighted by Gasteiger charge is -2.20. The molecule has 0 N–H and O–H groups in total. The highest BCUT2D eigenvalue weighted by atomic mass is 16.5. The van der Waals surface area contributed by atoms with E-state index in [1.807, 2.05) is 0 Å². The predicted molar refractivity (Wildman–Crippen MR) is 123 cm³/mol. The maximum absolute atomic E-state index is 13.3. The Morgan fingerprint density at radius 2 is 1.53 bits per heavy atom. The van der Waals surface area contributed by atoms with Gasteiger partial charge in [0.15, 0.2) is 35.1 Å². The summed E-state index contributed by atoms with van der Waals surface area (Å²) in [4.78, 5) is 31.8. The van der Waals surface area contributed by atoms with Gasteiger partial charge in [0.05, 0.1) is 34.1 Å². The number of carbonyl (C=O) groups is 2. The van der Waals surface area contributed by atoms with Crippen molar-refractivity contribution in [3.05, 3.63) is 42.3 Å². The van der Waals surface area contributed by atoms with E-state index in [9.17, 15) is 9.59 Å². The molecule has 0 unspecified atom stereocenters. The van der Waals surface area contributed by atoms with Gasteiger partial charge in [-0.3, -0.25) is 14.6 Å². The molecule has 0 saturated carbocycles. The van der Waals surface area contributed by atoms with E-state index in [0.717, 1.165) is 4.90 Å². The molecule has 3 heterocycles. The Hall–Kier alpha value is -4.68. The fourth-order valence-corrected chi connectivity index (χ4v) is 4.12. The van der Waals surface area contributed by atoms with E-state index in [4.69, 9.17) is 23.5 Å². The van der Waals surface area contributed by atoms with Crippen LogP contribution in [0.15, 0.2) is 51.3 Å². The molecule has 13 heteroatoms. The second kappa shape index (κ2) is 9.17. The van der Waals surface area contributed by atoms with Crippen molar-refractivity contribution in [3.8, 4) is 34.4 Å². The van der Waals surface area contributed by atoms with Crippen molar-refractivity contribution in [1.82, 2.24) is 15.1 Å². The summed E-state index contributed by atoms with van der Waals surface area (Å²) < 4.78 is 26.5. The van der Waals surface area contributed by atoms with Gasteiger partial charge in [0.1, 0.15) is 6.54 Å². The first-order valence-corrected chi connectivity index (χ1v) is 10.8. The molecule has 13 nitrogen and oxygen atoms in total. The molecular formula is C23H22N6O7. The van der Waals surface area contributed by atoms with Crippen molar-refractivity contribution in [3.63, 3.8) is 0 Å². The number of hydrogen-bond acceptors (Lipinski definition) is 12. The molecule has 5 rings (SSSR count). The van der Waals surface area contributed by atoms with Gasteiger partial charge >= 0.3 is 0 Å². The zero-order valence-electron chi connectivity index (χ0n) is 19.9. The number of hydrogen-bond donors (Lipinski definition) is 0. The highest BCUT2D eigenvalue weighted by Crippen LogP contribution is 2.37. The number of methoxy groups -OCH3 is 4. The molecule has 1 aromatic heterocycles. The number of rotatable bonds is 8. The number of anilines is 1. The Balaban J connectivity index is 1.35. The normalized spacial score (nSPS) is 18.6. The highest BCUT2D eigenvalue weighted by molar-refractivity contribution is 6.25. The molecular weight excluding hydrogens is 472 g/mol. The van der Waals surface area contributed by atoms with Gasteiger partial charge < -0.3 is 23.5 Å². The first kappa shape index (κ1) is 23.1. The van der Waals surface area contributed by atoms with Gasteiger partial charge in [0.2, 0.25) is 11.7 Å². The van der Waals surface area contributed by atoms with Crippen LogP contribution in [-0.2, 0) is 16.1 Å². The minimum absolute atomic E-state index is 0.0102. The summed E-state index contributed by atoms with van der Waals surface area (Å²) in [7, 11) is 6.05. The van der Waals surface area contributed by atoms with E-state index >= 15 is 0 Å². The number of aromatic nitrogens is 2. The van der Waals surface area contributed by atoms with E-state index in [-0.39, 0.29) is 12.4 Å². The monoisotopic (exact) mass is 494 g/mol. The molecule has 2 aromatic carbocycles. The van der Waals surface area contributed by atoms with Crippen LogP contribution in [0.2, 0.25) is 0 Å². The van der Waals surface area contributed by atoms with Gasteiger partial charge in [-0.1, -0.05) is 10.4 Å². The van der Waals surface area contributed by atoms with Crippen LogP contribution in [0.5, 0.6) is 23.0 Å². The summed E-state index contributed by atoms with van der Waals surface area (Å²) in [5.41, 5.74) is 0.996. The van der Waals surface area contributed by atoms with Gasteiger partial charge in [-0.05, 0) is 30.3 Å². The minimum atomic E-state index is -0.973. The lowest BCUT2D eigenvalue weighted by Crippen LogP contribution is -2.39. The highest BCUT2D eigenvalue weighted by Gasteiger charge is 2.55. The fraction of sp³-hybridized carbons (Fsp3) is 0.304. The Morgan fingerprint density at radius 3 is 2.22 bits per heavy atom. The molecule has 0 radical (unpaired) electrons. The number of amides is 2. The van der Waals surface area contributed by atoms with E-state index in [1.54, 1.807) is 43.5 Å². The summed E-state index contributed by atoms with van der Waals surface area (Å²) >= 11 is 0. The topological polar surface area (TPSA) is 141 Å². The van der Waals surface area contributed by atoms with Crippen LogP contribution in [0.4, 0.5) is 5.69 Å². The largest absolute Gasteiger partial charge is 0.493 e. The van der Waals surface area contributed by atoms with Crippen LogP contribution in [0, 0.1) is 0 Å². The van der Waals surface area contributed by atoms with Gasteiger partial charge in [-0.15, -0.1) is 0 Å². The SMILES string of the molecule is COc1ccc(-c2noc(CN3N=N[C@@H]4C(=O)N(c5ccc(OC)c(OC)c5)C(=O)[C@H]43)n2)cc1OC. The van der Waals surface area contributed by atoms with Crippen LogP contribution < -0.4 is 23.8 Å². The average Bonchev–Trinajstić information content (AvgIpc) is 3.61. The number of imide groups is 1. The van der Waals surface area contributed by atoms with Crippen molar-refractivity contribution >= 4 is 17.5 Å². The Bertz CT molecular complexity index is 1360. The number of ether oxygens (including phenoxy) is 4. The number of nitrogens with zero attached hydrogens (tertiary/aromatic N) is 6. The zero-order valence-corrected chi connectivity index (χ0v) is 19.9. The third kappa shape index (κ3) is 3.74. The number of carbonyl (C=O) groups excluding carboxylic acids is 2. The van der Waals surface area contributed by atoms with E-state index in [0.29, 0.717) is 40.1 Å². The summed E-state index contributed by atoms with van der Waals surface area (Å²) in [6, 6.07) is 8.10. The van der Waals surface area contributed by atoms with E-state index in [1.165, 1.54) is 26.3 Å². The second-order valence-electron chi connectivity index (χ2n) is 7.82. The maximum atomic E-state index is 13.3. The molecule has 0 spiro atoms. The Labute approximate surface area is 205 Å². The molecule has 186 valence electrons. The van der Waals surface area contributed by atoms with Crippen molar-refractivity contribution < 1.29 is 33.1 Å². The van der Waals surface area contributed by atoms with Crippen LogP contribution in [0.1, 0.15) is 5.89 Å². The summed E-state index contributed by atoms with van der Waals surface area (Å²) in [5.74, 6) is 1.51. The molecule has 36 heavy (non-hydrogen) atoms. The van der Waals surface area contributed by atoms with Crippen molar-refractivity contribution in [2.24, 2.45) is 10.3 Å². The third-order valence-electron chi connectivity index (χ3n) is 5.89. The first-order chi connectivity index (χ1) is 17.5. The molecule has 0 bridgehead atoms. The van der Waals surface area contributed by atoms with E-state index < -0.39 is 23.9 Å². The second-order valence-corrected chi connectivity index (χ2v) is 7.82. The fourth-order valence-electron chi connectivity index (χ4n) is 4.12. The van der Waals surface area contributed by atoms with Gasteiger partial charge in [-0.2, -0.15) is 10.1 Å². The predicted octanol–water partition coefficient (Wildman–Crippen LogP) is 2.26. The Kier molecular flexibility index (Phi) is 5.88.